The smallest absolute Gasteiger partial charge is 0.373 e. The van der Waals surface area contributed by atoms with Crippen molar-refractivity contribution in [2.45, 2.75) is 13.3 Å². The van der Waals surface area contributed by atoms with Crippen molar-refractivity contribution in [2.75, 3.05) is 7.11 Å². The van der Waals surface area contributed by atoms with Gasteiger partial charge in [-0.3, -0.25) is 4.79 Å². The maximum Gasteiger partial charge on any atom is 0.373 e. The molecule has 2 rings (SSSR count). The average molecular weight is 318 g/mol. The molecule has 1 heterocycles. The fourth-order valence-electron chi connectivity index (χ4n) is 2.08. The van der Waals surface area contributed by atoms with Gasteiger partial charge in [0, 0.05) is 18.1 Å². The van der Waals surface area contributed by atoms with Crippen LogP contribution in [0, 0.1) is 12.7 Å². The molecule has 1 aromatic carbocycles. The molecule has 0 aliphatic carbocycles. The van der Waals surface area contributed by atoms with Gasteiger partial charge in [0.15, 0.2) is 5.76 Å². The van der Waals surface area contributed by atoms with Crippen LogP contribution in [0.4, 0.5) is 4.39 Å². The van der Waals surface area contributed by atoms with Crippen LogP contribution in [-0.2, 0) is 16.0 Å². The molecule has 2 aromatic rings. The number of benzene rings is 1. The van der Waals surface area contributed by atoms with Gasteiger partial charge in [0.25, 0.3) is 0 Å². The lowest BCUT2D eigenvalue weighted by molar-refractivity contribution is -0.139. The zero-order valence-corrected chi connectivity index (χ0v) is 12.6. The van der Waals surface area contributed by atoms with Gasteiger partial charge < -0.3 is 14.3 Å². The van der Waals surface area contributed by atoms with Crippen LogP contribution >= 0.6 is 0 Å². The summed E-state index contributed by atoms with van der Waals surface area (Å²) in [6.07, 6.45) is 1.10. The highest BCUT2D eigenvalue weighted by atomic mass is 19.1. The molecule has 6 heteroatoms. The first-order chi connectivity index (χ1) is 10.9. The molecular weight excluding hydrogens is 303 g/mol. The van der Waals surface area contributed by atoms with E-state index in [1.807, 2.05) is 0 Å². The number of aliphatic hydroxyl groups is 1. The van der Waals surface area contributed by atoms with E-state index in [9.17, 15) is 19.1 Å². The number of carbonyl (C=O) groups is 2. The molecule has 0 aliphatic heterocycles. The van der Waals surface area contributed by atoms with Crippen LogP contribution in [0.15, 0.2) is 46.6 Å². The number of hydrogen-bond acceptors (Lipinski definition) is 5. The molecule has 0 bridgehead atoms. The summed E-state index contributed by atoms with van der Waals surface area (Å²) in [4.78, 5) is 23.3. The summed E-state index contributed by atoms with van der Waals surface area (Å²) in [7, 11) is 1.09. The van der Waals surface area contributed by atoms with Crippen molar-refractivity contribution in [3.63, 3.8) is 0 Å². The number of ether oxygens (including phenoxy) is 1. The number of esters is 1. The van der Waals surface area contributed by atoms with Crippen molar-refractivity contribution in [1.29, 1.82) is 0 Å². The van der Waals surface area contributed by atoms with Gasteiger partial charge in [-0.05, 0) is 30.7 Å². The van der Waals surface area contributed by atoms with Gasteiger partial charge in [-0.2, -0.15) is 0 Å². The van der Waals surface area contributed by atoms with Gasteiger partial charge in [0.05, 0.1) is 7.11 Å². The van der Waals surface area contributed by atoms with E-state index < -0.39 is 17.5 Å². The van der Waals surface area contributed by atoms with E-state index >= 15 is 0 Å². The molecule has 0 atom stereocenters. The molecular formula is C17H15FO5. The lowest BCUT2D eigenvalue weighted by atomic mass is 10.0. The Morgan fingerprint density at radius 1 is 1.30 bits per heavy atom. The number of carbonyl (C=O) groups excluding carboxylic acids is 2. The largest absolute Gasteiger partial charge is 0.502 e. The summed E-state index contributed by atoms with van der Waals surface area (Å²) in [5.41, 5.74) is 1.37. The zero-order chi connectivity index (χ0) is 17.0. The quantitative estimate of drug-likeness (QED) is 0.397. The Morgan fingerprint density at radius 2 is 1.96 bits per heavy atom. The van der Waals surface area contributed by atoms with Crippen molar-refractivity contribution in [3.8, 4) is 0 Å². The molecule has 0 fully saturated rings. The number of furan rings is 1. The number of hydrogen-bond donors (Lipinski definition) is 1. The van der Waals surface area contributed by atoms with Crippen molar-refractivity contribution < 1.29 is 28.2 Å². The second-order valence-corrected chi connectivity index (χ2v) is 4.90. The second-order valence-electron chi connectivity index (χ2n) is 4.90. The van der Waals surface area contributed by atoms with Crippen molar-refractivity contribution in [2.24, 2.45) is 0 Å². The lowest BCUT2D eigenvalue weighted by Gasteiger charge is -2.01. The first-order valence-corrected chi connectivity index (χ1v) is 6.77. The second kappa shape index (κ2) is 6.91. The Bertz CT molecular complexity index is 756. The third-order valence-electron chi connectivity index (χ3n) is 3.13. The van der Waals surface area contributed by atoms with Gasteiger partial charge in [0.2, 0.25) is 11.5 Å². The molecule has 0 amide bonds. The van der Waals surface area contributed by atoms with E-state index in [2.05, 4.69) is 4.74 Å². The van der Waals surface area contributed by atoms with Crippen molar-refractivity contribution >= 4 is 11.8 Å². The van der Waals surface area contributed by atoms with Crippen LogP contribution in [0.2, 0.25) is 0 Å². The van der Waals surface area contributed by atoms with Crippen LogP contribution in [0.3, 0.4) is 0 Å². The summed E-state index contributed by atoms with van der Waals surface area (Å²) in [6, 6.07) is 7.54. The van der Waals surface area contributed by atoms with Crippen molar-refractivity contribution in [3.05, 3.63) is 70.6 Å². The maximum absolute atomic E-state index is 12.9. The number of methoxy groups -OCH3 is 1. The summed E-state index contributed by atoms with van der Waals surface area (Å²) in [6.45, 7) is 1.68. The van der Waals surface area contributed by atoms with Gasteiger partial charge in [0.1, 0.15) is 11.6 Å². The zero-order valence-electron chi connectivity index (χ0n) is 12.6. The van der Waals surface area contributed by atoms with E-state index in [0.717, 1.165) is 18.7 Å². The Morgan fingerprint density at radius 3 is 2.57 bits per heavy atom. The van der Waals surface area contributed by atoms with Gasteiger partial charge >= 0.3 is 5.97 Å². The van der Waals surface area contributed by atoms with E-state index in [0.29, 0.717) is 17.7 Å². The molecule has 1 aromatic heterocycles. The molecule has 0 saturated carbocycles. The Labute approximate surface area is 132 Å². The van der Waals surface area contributed by atoms with Crippen LogP contribution in [0.1, 0.15) is 27.4 Å². The number of rotatable bonds is 5. The molecule has 0 saturated heterocycles. The highest BCUT2D eigenvalue weighted by Crippen LogP contribution is 2.20. The third-order valence-corrected chi connectivity index (χ3v) is 3.13. The lowest BCUT2D eigenvalue weighted by Crippen LogP contribution is -2.07. The number of aryl methyl sites for hydroxylation is 1. The highest BCUT2D eigenvalue weighted by Gasteiger charge is 2.18. The third kappa shape index (κ3) is 4.06. The molecule has 0 spiro atoms. The SMILES string of the molecule is COC(=O)C(O)=CC(=O)c1oc(C)cc1Cc1ccc(F)cc1. The fourth-order valence-corrected chi connectivity index (χ4v) is 2.08. The molecule has 0 unspecified atom stereocenters. The summed E-state index contributed by atoms with van der Waals surface area (Å²) >= 11 is 0. The van der Waals surface area contributed by atoms with Crippen molar-refractivity contribution in [1.82, 2.24) is 0 Å². The molecule has 0 radical (unpaired) electrons. The molecule has 23 heavy (non-hydrogen) atoms. The first-order valence-electron chi connectivity index (χ1n) is 6.77. The predicted molar refractivity (Wildman–Crippen MR) is 79.7 cm³/mol. The molecule has 0 aliphatic rings. The summed E-state index contributed by atoms with van der Waals surface area (Å²) < 4.78 is 22.6. The fraction of sp³-hybridized carbons (Fsp3) is 0.176. The summed E-state index contributed by atoms with van der Waals surface area (Å²) in [5, 5.41) is 9.45. The molecule has 5 nitrogen and oxygen atoms in total. The number of aliphatic hydroxyl groups excluding tert-OH is 1. The van der Waals surface area contributed by atoms with Gasteiger partial charge in [-0.25, -0.2) is 9.18 Å². The number of halogens is 1. The highest BCUT2D eigenvalue weighted by molar-refractivity contribution is 6.07. The topological polar surface area (TPSA) is 76.7 Å². The monoisotopic (exact) mass is 318 g/mol. The minimum Gasteiger partial charge on any atom is -0.502 e. The molecule has 1 N–H and O–H groups in total. The van der Waals surface area contributed by atoms with Crippen LogP contribution in [0.5, 0.6) is 0 Å². The maximum atomic E-state index is 12.9. The Balaban J connectivity index is 2.28. The number of ketones is 1. The first kappa shape index (κ1) is 16.5. The van der Waals surface area contributed by atoms with E-state index in [1.165, 1.54) is 12.1 Å². The molecule has 120 valence electrons. The van der Waals surface area contributed by atoms with Crippen LogP contribution < -0.4 is 0 Å². The number of allylic oxidation sites excluding steroid dienone is 1. The van der Waals surface area contributed by atoms with Gasteiger partial charge in [-0.15, -0.1) is 0 Å². The van der Waals surface area contributed by atoms with E-state index in [4.69, 9.17) is 4.42 Å². The minimum absolute atomic E-state index is 0.0160. The normalized spacial score (nSPS) is 11.3. The minimum atomic E-state index is -1.01. The Kier molecular flexibility index (Phi) is 4.95. The predicted octanol–water partition coefficient (Wildman–Crippen LogP) is 3.12. The van der Waals surface area contributed by atoms with Crippen LogP contribution in [-0.4, -0.2) is 24.0 Å². The standard InChI is InChI=1S/C17H15FO5/c1-10-7-12(8-11-3-5-13(18)6-4-11)16(23-10)14(19)9-15(20)17(21)22-2/h3-7,9,20H,8H2,1-2H3. The van der Waals surface area contributed by atoms with Crippen LogP contribution in [0.25, 0.3) is 0 Å². The van der Waals surface area contributed by atoms with E-state index in [-0.39, 0.29) is 11.6 Å². The Hall–Kier alpha value is -2.89. The summed E-state index contributed by atoms with van der Waals surface area (Å²) in [5.74, 6) is -2.29. The van der Waals surface area contributed by atoms with Gasteiger partial charge in [-0.1, -0.05) is 12.1 Å². The average Bonchev–Trinajstić information content (AvgIpc) is 2.89. The van der Waals surface area contributed by atoms with E-state index in [1.54, 1.807) is 25.1 Å².